The van der Waals surface area contributed by atoms with Crippen molar-refractivity contribution in [2.75, 3.05) is 6.16 Å². The molecule has 3 nitrogen and oxygen atoms in total. The van der Waals surface area contributed by atoms with Gasteiger partial charge >= 0.3 is 7.94 Å². The van der Waals surface area contributed by atoms with Crippen LogP contribution in [0.25, 0.3) is 0 Å². The average Bonchev–Trinajstić information content (AvgIpc) is 2.51. The fourth-order valence-electron chi connectivity index (χ4n) is 1.38. The van der Waals surface area contributed by atoms with Gasteiger partial charge in [0.2, 0.25) is 11.5 Å². The molecule has 0 atom stereocenters. The zero-order chi connectivity index (χ0) is 10.0. The molecule has 1 aromatic rings. The first-order valence-electron chi connectivity index (χ1n) is 4.82. The summed E-state index contributed by atoms with van der Waals surface area (Å²) in [5, 5.41) is 0. The zero-order valence-corrected chi connectivity index (χ0v) is 9.04. The summed E-state index contributed by atoms with van der Waals surface area (Å²) >= 11 is 0. The van der Waals surface area contributed by atoms with Crippen LogP contribution in [-0.4, -0.2) is 11.1 Å². The average molecular weight is 213 g/mol. The Kier molecular flexibility index (Phi) is 2.62. The Balaban J connectivity index is 2.09. The Morgan fingerprint density at radius 1 is 1.21 bits per heavy atom. The summed E-state index contributed by atoms with van der Waals surface area (Å²) in [5.41, 5.74) is 0. The molecule has 0 aromatic heterocycles. The Bertz CT molecular complexity index is 302. The number of fused-ring (bicyclic) bond motifs is 1. The zero-order valence-electron chi connectivity index (χ0n) is 8.14. The van der Waals surface area contributed by atoms with E-state index in [1.54, 1.807) is 0 Å². The lowest BCUT2D eigenvalue weighted by Gasteiger charge is -2.08. The molecule has 1 N–H and O–H groups in total. The molecule has 0 aliphatic carbocycles. The molecule has 1 aliphatic rings. The van der Waals surface area contributed by atoms with Crippen LogP contribution in [0.1, 0.15) is 19.8 Å². The molecule has 14 heavy (non-hydrogen) atoms. The van der Waals surface area contributed by atoms with Gasteiger partial charge in [-0.15, -0.1) is 0 Å². The highest BCUT2D eigenvalue weighted by molar-refractivity contribution is 7.61. The number of benzene rings is 1. The first kappa shape index (κ1) is 9.75. The Morgan fingerprint density at radius 3 is 2.29 bits per heavy atom. The fourth-order valence-corrected chi connectivity index (χ4v) is 3.23. The number of hydrogen-bond donors (Lipinski definition) is 1. The van der Waals surface area contributed by atoms with Crippen molar-refractivity contribution in [3.63, 3.8) is 0 Å². The molecular formula is C10H14O3P+. The second-order valence-corrected chi connectivity index (χ2v) is 5.43. The van der Waals surface area contributed by atoms with E-state index in [-0.39, 0.29) is 0 Å². The molecular weight excluding hydrogens is 199 g/mol. The third kappa shape index (κ3) is 1.84. The number of rotatable bonds is 3. The van der Waals surface area contributed by atoms with Crippen LogP contribution >= 0.6 is 7.94 Å². The SMILES string of the molecule is CCCC[P+]1(O)Oc2ccccc2O1. The summed E-state index contributed by atoms with van der Waals surface area (Å²) in [6.45, 7) is 2.08. The van der Waals surface area contributed by atoms with Gasteiger partial charge in [-0.05, 0) is 18.6 Å². The van der Waals surface area contributed by atoms with Crippen LogP contribution in [0, 0.1) is 0 Å². The molecule has 2 rings (SSSR count). The molecule has 0 radical (unpaired) electrons. The summed E-state index contributed by atoms with van der Waals surface area (Å²) in [5.74, 6) is 1.33. The summed E-state index contributed by atoms with van der Waals surface area (Å²) in [6, 6.07) is 7.38. The lowest BCUT2D eigenvalue weighted by atomic mass is 10.3. The largest absolute Gasteiger partial charge is 0.495 e. The van der Waals surface area contributed by atoms with Gasteiger partial charge in [0.05, 0.1) is 0 Å². The van der Waals surface area contributed by atoms with E-state index in [2.05, 4.69) is 6.92 Å². The molecule has 4 heteroatoms. The monoisotopic (exact) mass is 213 g/mol. The maximum Gasteiger partial charge on any atom is 0.495 e. The molecule has 0 amide bonds. The fraction of sp³-hybridized carbons (Fsp3) is 0.400. The van der Waals surface area contributed by atoms with E-state index in [4.69, 9.17) is 9.05 Å². The molecule has 0 saturated carbocycles. The van der Waals surface area contributed by atoms with E-state index < -0.39 is 7.94 Å². The van der Waals surface area contributed by atoms with Gasteiger partial charge in [-0.1, -0.05) is 25.5 Å². The Labute approximate surface area is 84.3 Å². The van der Waals surface area contributed by atoms with Gasteiger partial charge in [0.15, 0.2) is 6.16 Å². The third-order valence-corrected chi connectivity index (χ3v) is 3.97. The van der Waals surface area contributed by atoms with Gasteiger partial charge in [-0.2, -0.15) is 4.89 Å². The minimum absolute atomic E-state index is 0.609. The lowest BCUT2D eigenvalue weighted by Crippen LogP contribution is -2.05. The van der Waals surface area contributed by atoms with Crippen molar-refractivity contribution in [3.05, 3.63) is 24.3 Å². The van der Waals surface area contributed by atoms with Gasteiger partial charge < -0.3 is 0 Å². The Morgan fingerprint density at radius 2 is 1.79 bits per heavy atom. The van der Waals surface area contributed by atoms with E-state index in [1.165, 1.54) is 0 Å². The second-order valence-electron chi connectivity index (χ2n) is 3.34. The predicted octanol–water partition coefficient (Wildman–Crippen LogP) is 3.01. The first-order valence-corrected chi connectivity index (χ1v) is 6.59. The van der Waals surface area contributed by atoms with Gasteiger partial charge in [-0.3, -0.25) is 9.05 Å². The molecule has 0 unspecified atom stereocenters. The number of unbranched alkanes of at least 4 members (excludes halogenated alkanes) is 1. The lowest BCUT2D eigenvalue weighted by molar-refractivity contribution is 0.389. The van der Waals surface area contributed by atoms with Crippen molar-refractivity contribution in [1.82, 2.24) is 0 Å². The van der Waals surface area contributed by atoms with Crippen LogP contribution in [0.15, 0.2) is 24.3 Å². The van der Waals surface area contributed by atoms with E-state index in [1.807, 2.05) is 24.3 Å². The minimum Gasteiger partial charge on any atom is -0.274 e. The molecule has 0 fully saturated rings. The van der Waals surface area contributed by atoms with Crippen molar-refractivity contribution in [1.29, 1.82) is 0 Å². The van der Waals surface area contributed by atoms with Crippen molar-refractivity contribution in [3.8, 4) is 11.5 Å². The highest BCUT2D eigenvalue weighted by atomic mass is 31.2. The summed E-state index contributed by atoms with van der Waals surface area (Å²) in [6.07, 6.45) is 2.57. The van der Waals surface area contributed by atoms with E-state index in [9.17, 15) is 4.89 Å². The summed E-state index contributed by atoms with van der Waals surface area (Å²) < 4.78 is 10.9. The summed E-state index contributed by atoms with van der Waals surface area (Å²) in [4.78, 5) is 10.0. The van der Waals surface area contributed by atoms with Crippen LogP contribution < -0.4 is 9.05 Å². The van der Waals surface area contributed by atoms with Crippen LogP contribution in [-0.2, 0) is 0 Å². The van der Waals surface area contributed by atoms with Gasteiger partial charge in [0, 0.05) is 0 Å². The van der Waals surface area contributed by atoms with E-state index in [0.29, 0.717) is 17.7 Å². The molecule has 76 valence electrons. The molecule has 1 heterocycles. The van der Waals surface area contributed by atoms with Gasteiger partial charge in [0.25, 0.3) is 0 Å². The number of para-hydroxylation sites is 2. The van der Waals surface area contributed by atoms with Gasteiger partial charge in [0.1, 0.15) is 0 Å². The maximum absolute atomic E-state index is 10.0. The van der Waals surface area contributed by atoms with Crippen molar-refractivity contribution < 1.29 is 13.9 Å². The van der Waals surface area contributed by atoms with Crippen molar-refractivity contribution in [2.24, 2.45) is 0 Å². The summed E-state index contributed by atoms with van der Waals surface area (Å²) in [7, 11) is -2.62. The van der Waals surface area contributed by atoms with Crippen molar-refractivity contribution >= 4 is 7.94 Å². The normalized spacial score (nSPS) is 17.0. The van der Waals surface area contributed by atoms with E-state index in [0.717, 1.165) is 12.8 Å². The highest BCUT2D eigenvalue weighted by Crippen LogP contribution is 2.64. The standard InChI is InChI=1S/C10H14O3P/c1-2-3-8-14(11)12-9-6-4-5-7-10(9)13-14/h4-7,11H,2-3,8H2,1H3/q+1. The Hall–Kier alpha value is -0.790. The van der Waals surface area contributed by atoms with Crippen LogP contribution in [0.4, 0.5) is 0 Å². The van der Waals surface area contributed by atoms with E-state index >= 15 is 0 Å². The smallest absolute Gasteiger partial charge is 0.274 e. The van der Waals surface area contributed by atoms with Crippen LogP contribution in [0.3, 0.4) is 0 Å². The molecule has 1 aromatic carbocycles. The predicted molar refractivity (Wildman–Crippen MR) is 56.6 cm³/mol. The van der Waals surface area contributed by atoms with Crippen LogP contribution in [0.2, 0.25) is 0 Å². The molecule has 1 aliphatic heterocycles. The first-order chi connectivity index (χ1) is 6.73. The highest BCUT2D eigenvalue weighted by Gasteiger charge is 2.49. The number of hydrogen-bond acceptors (Lipinski definition) is 3. The quantitative estimate of drug-likeness (QED) is 0.784. The molecule has 0 spiro atoms. The van der Waals surface area contributed by atoms with Crippen molar-refractivity contribution in [2.45, 2.75) is 19.8 Å². The minimum atomic E-state index is -2.62. The second kappa shape index (κ2) is 3.76. The molecule has 0 bridgehead atoms. The maximum atomic E-state index is 10.0. The van der Waals surface area contributed by atoms with Crippen LogP contribution in [0.5, 0.6) is 11.5 Å². The topological polar surface area (TPSA) is 38.7 Å². The molecule has 0 saturated heterocycles. The van der Waals surface area contributed by atoms with Gasteiger partial charge in [-0.25, -0.2) is 0 Å². The third-order valence-electron chi connectivity index (χ3n) is 2.13.